The van der Waals surface area contributed by atoms with E-state index in [9.17, 15) is 0 Å². The lowest BCUT2D eigenvalue weighted by atomic mass is 10.0. The number of para-hydroxylation sites is 1. The van der Waals surface area contributed by atoms with Gasteiger partial charge >= 0.3 is 0 Å². The van der Waals surface area contributed by atoms with E-state index in [1.807, 2.05) is 16.8 Å². The van der Waals surface area contributed by atoms with Gasteiger partial charge in [0, 0.05) is 37.4 Å². The third-order valence-electron chi connectivity index (χ3n) is 6.28. The molecule has 1 atom stereocenters. The van der Waals surface area contributed by atoms with Crippen LogP contribution in [0.15, 0.2) is 42.5 Å². The second-order valence-corrected chi connectivity index (χ2v) is 8.46. The SMILES string of the molecule is COc1ccccc1C(c1nnnn1C(C)C)N1CCN(c2cccc(C)c2C)CC1. The zero-order chi connectivity index (χ0) is 22.0. The highest BCUT2D eigenvalue weighted by molar-refractivity contribution is 5.56. The molecule has 1 aliphatic heterocycles. The van der Waals surface area contributed by atoms with Gasteiger partial charge in [-0.15, -0.1) is 5.10 Å². The van der Waals surface area contributed by atoms with Gasteiger partial charge in [0.15, 0.2) is 5.82 Å². The molecule has 0 bridgehead atoms. The van der Waals surface area contributed by atoms with Crippen molar-refractivity contribution in [1.29, 1.82) is 0 Å². The van der Waals surface area contributed by atoms with E-state index in [2.05, 4.69) is 83.4 Å². The van der Waals surface area contributed by atoms with Crippen molar-refractivity contribution in [2.24, 2.45) is 0 Å². The monoisotopic (exact) mass is 420 g/mol. The van der Waals surface area contributed by atoms with Gasteiger partial charge < -0.3 is 9.64 Å². The molecule has 0 amide bonds. The van der Waals surface area contributed by atoms with Gasteiger partial charge in [-0.1, -0.05) is 30.3 Å². The van der Waals surface area contributed by atoms with Crippen molar-refractivity contribution in [3.05, 3.63) is 65.0 Å². The highest BCUT2D eigenvalue weighted by atomic mass is 16.5. The van der Waals surface area contributed by atoms with Crippen LogP contribution in [0.2, 0.25) is 0 Å². The minimum Gasteiger partial charge on any atom is -0.496 e. The largest absolute Gasteiger partial charge is 0.496 e. The Morgan fingerprint density at radius 1 is 0.935 bits per heavy atom. The first kappa shape index (κ1) is 21.3. The number of nitrogens with zero attached hydrogens (tertiary/aromatic N) is 6. The average Bonchev–Trinajstić information content (AvgIpc) is 3.27. The molecule has 164 valence electrons. The Hall–Kier alpha value is -2.93. The number of hydrogen-bond donors (Lipinski definition) is 0. The Bertz CT molecular complexity index is 1020. The Kier molecular flexibility index (Phi) is 6.23. The van der Waals surface area contributed by atoms with Crippen LogP contribution in [0.25, 0.3) is 0 Å². The van der Waals surface area contributed by atoms with E-state index in [0.717, 1.165) is 43.3 Å². The molecule has 7 heteroatoms. The van der Waals surface area contributed by atoms with Gasteiger partial charge in [-0.05, 0) is 61.4 Å². The van der Waals surface area contributed by atoms with Gasteiger partial charge in [0.2, 0.25) is 0 Å². The molecule has 2 heterocycles. The fourth-order valence-electron chi connectivity index (χ4n) is 4.44. The molecule has 1 unspecified atom stereocenters. The standard InChI is InChI=1S/C24H32N6O/c1-17(2)30-24(25-26-27-30)23(20-10-6-7-12-22(20)31-5)29-15-13-28(14-16-29)21-11-8-9-18(3)19(21)4/h6-12,17,23H,13-16H2,1-5H3. The Balaban J connectivity index is 1.66. The number of aryl methyl sites for hydroxylation is 1. The van der Waals surface area contributed by atoms with Crippen LogP contribution in [-0.4, -0.2) is 58.4 Å². The number of ether oxygens (including phenoxy) is 1. The second-order valence-electron chi connectivity index (χ2n) is 8.46. The second kappa shape index (κ2) is 9.06. The fourth-order valence-corrected chi connectivity index (χ4v) is 4.44. The minimum absolute atomic E-state index is 0.0608. The Morgan fingerprint density at radius 3 is 2.39 bits per heavy atom. The summed E-state index contributed by atoms with van der Waals surface area (Å²) >= 11 is 0. The van der Waals surface area contributed by atoms with Crippen molar-refractivity contribution in [3.8, 4) is 5.75 Å². The smallest absolute Gasteiger partial charge is 0.173 e. The highest BCUT2D eigenvalue weighted by Crippen LogP contribution is 2.35. The van der Waals surface area contributed by atoms with Crippen LogP contribution in [0, 0.1) is 13.8 Å². The molecule has 0 radical (unpaired) electrons. The Labute approximate surface area is 184 Å². The number of rotatable bonds is 6. The minimum atomic E-state index is -0.0608. The average molecular weight is 421 g/mol. The molecule has 1 fully saturated rings. The molecule has 2 aromatic carbocycles. The number of hydrogen-bond acceptors (Lipinski definition) is 6. The summed E-state index contributed by atoms with van der Waals surface area (Å²) in [6.45, 7) is 12.4. The van der Waals surface area contributed by atoms with Crippen molar-refractivity contribution in [1.82, 2.24) is 25.1 Å². The summed E-state index contributed by atoms with van der Waals surface area (Å²) in [5, 5.41) is 12.7. The summed E-state index contributed by atoms with van der Waals surface area (Å²) < 4.78 is 7.64. The van der Waals surface area contributed by atoms with Crippen LogP contribution < -0.4 is 9.64 Å². The van der Waals surface area contributed by atoms with E-state index >= 15 is 0 Å². The van der Waals surface area contributed by atoms with Crippen LogP contribution in [0.3, 0.4) is 0 Å². The lowest BCUT2D eigenvalue weighted by Gasteiger charge is -2.40. The van der Waals surface area contributed by atoms with Crippen LogP contribution in [-0.2, 0) is 0 Å². The molecule has 3 aromatic rings. The molecule has 1 aliphatic rings. The summed E-state index contributed by atoms with van der Waals surface area (Å²) in [6.07, 6.45) is 0. The summed E-state index contributed by atoms with van der Waals surface area (Å²) in [7, 11) is 1.72. The lowest BCUT2D eigenvalue weighted by Crippen LogP contribution is -2.48. The summed E-state index contributed by atoms with van der Waals surface area (Å²) in [5.74, 6) is 1.72. The Morgan fingerprint density at radius 2 is 1.68 bits per heavy atom. The van der Waals surface area contributed by atoms with Gasteiger partial charge in [-0.2, -0.15) is 0 Å². The first-order valence-corrected chi connectivity index (χ1v) is 11.0. The quantitative estimate of drug-likeness (QED) is 0.605. The molecule has 0 spiro atoms. The first-order valence-electron chi connectivity index (χ1n) is 11.0. The van der Waals surface area contributed by atoms with Crippen molar-refractivity contribution < 1.29 is 4.74 Å². The van der Waals surface area contributed by atoms with E-state index in [0.29, 0.717) is 0 Å². The van der Waals surface area contributed by atoms with Crippen molar-refractivity contribution in [2.75, 3.05) is 38.2 Å². The topological polar surface area (TPSA) is 59.3 Å². The van der Waals surface area contributed by atoms with Gasteiger partial charge in [-0.25, -0.2) is 4.68 Å². The molecule has 1 saturated heterocycles. The van der Waals surface area contributed by atoms with E-state index in [1.165, 1.54) is 16.8 Å². The number of benzene rings is 2. The number of aromatic nitrogens is 4. The third kappa shape index (κ3) is 4.14. The van der Waals surface area contributed by atoms with E-state index in [1.54, 1.807) is 7.11 Å². The van der Waals surface area contributed by atoms with Crippen LogP contribution in [0.4, 0.5) is 5.69 Å². The molecule has 0 aliphatic carbocycles. The molecule has 7 nitrogen and oxygen atoms in total. The predicted octanol–water partition coefficient (Wildman–Crippen LogP) is 3.79. The zero-order valence-electron chi connectivity index (χ0n) is 19.1. The van der Waals surface area contributed by atoms with E-state index < -0.39 is 0 Å². The van der Waals surface area contributed by atoms with Gasteiger partial charge in [0.25, 0.3) is 0 Å². The van der Waals surface area contributed by atoms with Crippen molar-refractivity contribution in [2.45, 2.75) is 39.8 Å². The number of piperazine rings is 1. The van der Waals surface area contributed by atoms with Gasteiger partial charge in [0.1, 0.15) is 11.8 Å². The number of anilines is 1. The fraction of sp³-hybridized carbons (Fsp3) is 0.458. The molecule has 4 rings (SSSR count). The van der Waals surface area contributed by atoms with Crippen molar-refractivity contribution in [3.63, 3.8) is 0 Å². The first-order chi connectivity index (χ1) is 15.0. The molecule has 0 saturated carbocycles. The van der Waals surface area contributed by atoms with E-state index in [4.69, 9.17) is 4.74 Å². The molecular formula is C24H32N6O. The van der Waals surface area contributed by atoms with Gasteiger partial charge in [0.05, 0.1) is 13.2 Å². The summed E-state index contributed by atoms with van der Waals surface area (Å²) in [5.41, 5.74) is 5.13. The number of methoxy groups -OCH3 is 1. The lowest BCUT2D eigenvalue weighted by molar-refractivity contribution is 0.195. The maximum Gasteiger partial charge on any atom is 0.173 e. The van der Waals surface area contributed by atoms with Crippen LogP contribution >= 0.6 is 0 Å². The van der Waals surface area contributed by atoms with Crippen molar-refractivity contribution >= 4 is 5.69 Å². The maximum atomic E-state index is 5.72. The van der Waals surface area contributed by atoms with Crippen LogP contribution in [0.5, 0.6) is 5.75 Å². The molecule has 31 heavy (non-hydrogen) atoms. The molecule has 1 aromatic heterocycles. The maximum absolute atomic E-state index is 5.72. The normalized spacial score (nSPS) is 16.0. The predicted molar refractivity (Wildman–Crippen MR) is 123 cm³/mol. The third-order valence-corrected chi connectivity index (χ3v) is 6.28. The van der Waals surface area contributed by atoms with Gasteiger partial charge in [-0.3, -0.25) is 4.90 Å². The molecular weight excluding hydrogens is 388 g/mol. The molecule has 0 N–H and O–H groups in total. The van der Waals surface area contributed by atoms with Crippen LogP contribution in [0.1, 0.15) is 48.4 Å². The highest BCUT2D eigenvalue weighted by Gasteiger charge is 2.33. The number of tetrazole rings is 1. The summed E-state index contributed by atoms with van der Waals surface area (Å²) in [4.78, 5) is 4.97. The summed E-state index contributed by atoms with van der Waals surface area (Å²) in [6, 6.07) is 14.9. The van der Waals surface area contributed by atoms with E-state index in [-0.39, 0.29) is 12.1 Å². The zero-order valence-corrected chi connectivity index (χ0v) is 19.1.